The number of rotatable bonds is 5. The normalized spacial score (nSPS) is 14.7. The zero-order valence-electron chi connectivity index (χ0n) is 16.0. The maximum atomic E-state index is 12.5. The largest absolute Gasteiger partial charge is 0.490 e. The fraction of sp³-hybridized carbons (Fsp3) is 0.333. The van der Waals surface area contributed by atoms with E-state index in [2.05, 4.69) is 18.3 Å². The highest BCUT2D eigenvalue weighted by molar-refractivity contribution is 7.18. The van der Waals surface area contributed by atoms with Crippen LogP contribution in [0.5, 0.6) is 11.5 Å². The van der Waals surface area contributed by atoms with Crippen LogP contribution in [0.25, 0.3) is 10.2 Å². The van der Waals surface area contributed by atoms with Crippen LogP contribution in [0.1, 0.15) is 24.4 Å². The Labute approximate surface area is 168 Å². The predicted molar refractivity (Wildman–Crippen MR) is 111 cm³/mol. The molecule has 0 bridgehead atoms. The van der Waals surface area contributed by atoms with Crippen LogP contribution in [0.3, 0.4) is 0 Å². The summed E-state index contributed by atoms with van der Waals surface area (Å²) >= 11 is 1.67. The molecule has 1 amide bonds. The molecule has 1 aliphatic heterocycles. The molecule has 1 atom stereocenters. The van der Waals surface area contributed by atoms with Crippen molar-refractivity contribution in [3.8, 4) is 11.5 Å². The summed E-state index contributed by atoms with van der Waals surface area (Å²) in [5, 5.41) is 3.95. The lowest BCUT2D eigenvalue weighted by atomic mass is 10.2. The average molecular weight is 398 g/mol. The van der Waals surface area contributed by atoms with Gasteiger partial charge in [0, 0.05) is 18.2 Å². The van der Waals surface area contributed by atoms with E-state index in [9.17, 15) is 4.79 Å². The quantitative estimate of drug-likeness (QED) is 0.703. The van der Waals surface area contributed by atoms with Crippen molar-refractivity contribution in [2.45, 2.75) is 19.4 Å². The van der Waals surface area contributed by atoms with Gasteiger partial charge in [0.15, 0.2) is 11.5 Å². The molecule has 1 aromatic heterocycles. The first-order valence-corrected chi connectivity index (χ1v) is 10.2. The first-order chi connectivity index (χ1) is 13.6. The summed E-state index contributed by atoms with van der Waals surface area (Å²) in [5.41, 5.74) is 1.70. The zero-order valence-corrected chi connectivity index (χ0v) is 16.8. The van der Waals surface area contributed by atoms with Crippen molar-refractivity contribution in [2.24, 2.45) is 0 Å². The molecule has 2 heterocycles. The van der Waals surface area contributed by atoms with Gasteiger partial charge in [-0.25, -0.2) is 4.98 Å². The van der Waals surface area contributed by atoms with Crippen LogP contribution < -0.4 is 14.8 Å². The van der Waals surface area contributed by atoms with Crippen LogP contribution in [-0.2, 0) is 4.79 Å². The number of ether oxygens (including phenoxy) is 2. The molecule has 3 aromatic rings. The Hall–Kier alpha value is -2.64. The Bertz CT molecular complexity index is 955. The second kappa shape index (κ2) is 8.16. The molecule has 6 nitrogen and oxygen atoms in total. The van der Waals surface area contributed by atoms with Crippen LogP contribution in [0.4, 0.5) is 5.69 Å². The van der Waals surface area contributed by atoms with Crippen molar-refractivity contribution < 1.29 is 14.3 Å². The van der Waals surface area contributed by atoms with E-state index in [0.29, 0.717) is 24.7 Å². The summed E-state index contributed by atoms with van der Waals surface area (Å²) in [5.74, 6) is 1.31. The van der Waals surface area contributed by atoms with Crippen molar-refractivity contribution in [1.82, 2.24) is 9.88 Å². The zero-order chi connectivity index (χ0) is 19.5. The molecule has 7 heteroatoms. The van der Waals surface area contributed by atoms with Crippen LogP contribution >= 0.6 is 11.3 Å². The molecule has 1 aliphatic rings. The van der Waals surface area contributed by atoms with Gasteiger partial charge in [-0.05, 0) is 38.2 Å². The third kappa shape index (κ3) is 4.10. The summed E-state index contributed by atoms with van der Waals surface area (Å²) in [6, 6.07) is 13.6. The van der Waals surface area contributed by atoms with Crippen molar-refractivity contribution in [3.63, 3.8) is 0 Å². The van der Waals surface area contributed by atoms with Gasteiger partial charge in [-0.1, -0.05) is 12.1 Å². The lowest BCUT2D eigenvalue weighted by Gasteiger charge is -2.22. The number of hydrogen-bond donors (Lipinski definition) is 1. The molecule has 0 saturated carbocycles. The highest BCUT2D eigenvalue weighted by Crippen LogP contribution is 2.32. The number of anilines is 1. The van der Waals surface area contributed by atoms with Crippen LogP contribution in [0.2, 0.25) is 0 Å². The molecule has 0 spiro atoms. The van der Waals surface area contributed by atoms with Gasteiger partial charge in [0.05, 0.1) is 36.0 Å². The Morgan fingerprint density at radius 2 is 2.00 bits per heavy atom. The minimum absolute atomic E-state index is 0.0481. The number of fused-ring (bicyclic) bond motifs is 2. The molecule has 28 heavy (non-hydrogen) atoms. The first kappa shape index (κ1) is 18.7. The van der Waals surface area contributed by atoms with Crippen molar-refractivity contribution in [2.75, 3.05) is 32.1 Å². The summed E-state index contributed by atoms with van der Waals surface area (Å²) < 4.78 is 12.5. The molecule has 4 rings (SSSR count). The van der Waals surface area contributed by atoms with Crippen molar-refractivity contribution in [1.29, 1.82) is 0 Å². The number of nitrogens with one attached hydrogen (secondary N) is 1. The minimum atomic E-state index is -0.0787. The fourth-order valence-electron chi connectivity index (χ4n) is 3.06. The first-order valence-electron chi connectivity index (χ1n) is 9.35. The number of aromatic nitrogens is 1. The molecule has 0 radical (unpaired) electrons. The minimum Gasteiger partial charge on any atom is -0.490 e. The van der Waals surface area contributed by atoms with E-state index in [-0.39, 0.29) is 18.5 Å². The van der Waals surface area contributed by atoms with E-state index in [1.54, 1.807) is 11.3 Å². The van der Waals surface area contributed by atoms with Crippen LogP contribution in [-0.4, -0.2) is 42.6 Å². The SMILES string of the molecule is C[C@H](c1nc2ccccc2s1)N(C)CC(=O)Nc1ccc2c(c1)OCCCO2. The van der Waals surface area contributed by atoms with E-state index < -0.39 is 0 Å². The highest BCUT2D eigenvalue weighted by Gasteiger charge is 2.19. The smallest absolute Gasteiger partial charge is 0.238 e. The van der Waals surface area contributed by atoms with Crippen molar-refractivity contribution in [3.05, 3.63) is 47.5 Å². The third-order valence-electron chi connectivity index (χ3n) is 4.75. The summed E-state index contributed by atoms with van der Waals surface area (Å²) in [6.45, 7) is 3.60. The number of thiazole rings is 1. The molecule has 0 saturated heterocycles. The van der Waals surface area contributed by atoms with Gasteiger partial charge in [0.2, 0.25) is 5.91 Å². The van der Waals surface area contributed by atoms with E-state index >= 15 is 0 Å². The molecular formula is C21H23N3O3S. The molecular weight excluding hydrogens is 374 g/mol. The highest BCUT2D eigenvalue weighted by atomic mass is 32.1. The monoisotopic (exact) mass is 397 g/mol. The van der Waals surface area contributed by atoms with Gasteiger partial charge in [-0.15, -0.1) is 11.3 Å². The topological polar surface area (TPSA) is 63.7 Å². The second-order valence-electron chi connectivity index (χ2n) is 6.87. The Morgan fingerprint density at radius 1 is 1.21 bits per heavy atom. The second-order valence-corrected chi connectivity index (χ2v) is 7.93. The number of carbonyl (C=O) groups is 1. The Morgan fingerprint density at radius 3 is 2.82 bits per heavy atom. The molecule has 0 fully saturated rings. The van der Waals surface area contributed by atoms with E-state index in [1.807, 2.05) is 48.3 Å². The van der Waals surface area contributed by atoms with E-state index in [0.717, 1.165) is 27.4 Å². The van der Waals surface area contributed by atoms with Gasteiger partial charge in [0.1, 0.15) is 5.01 Å². The van der Waals surface area contributed by atoms with Gasteiger partial charge in [-0.2, -0.15) is 0 Å². The fourth-order valence-corrected chi connectivity index (χ4v) is 4.15. The third-order valence-corrected chi connectivity index (χ3v) is 5.96. The number of carbonyl (C=O) groups excluding carboxylic acids is 1. The Kier molecular flexibility index (Phi) is 5.45. The van der Waals surface area contributed by atoms with Gasteiger partial charge >= 0.3 is 0 Å². The van der Waals surface area contributed by atoms with Crippen LogP contribution in [0, 0.1) is 0 Å². The molecule has 0 aliphatic carbocycles. The number of hydrogen-bond acceptors (Lipinski definition) is 6. The standard InChI is InChI=1S/C21H23N3O3S/c1-14(21-23-16-6-3-4-7-19(16)28-21)24(2)13-20(25)22-15-8-9-17-18(12-15)27-11-5-10-26-17/h3-4,6-9,12,14H,5,10-11,13H2,1-2H3,(H,22,25)/t14-/m1/s1. The van der Waals surface area contributed by atoms with E-state index in [1.165, 1.54) is 0 Å². The molecule has 1 N–H and O–H groups in total. The lowest BCUT2D eigenvalue weighted by molar-refractivity contribution is -0.117. The average Bonchev–Trinajstić information content (AvgIpc) is 2.98. The number of likely N-dealkylation sites (N-methyl/N-ethyl adjacent to an activating group) is 1. The van der Waals surface area contributed by atoms with Gasteiger partial charge in [-0.3, -0.25) is 9.69 Å². The van der Waals surface area contributed by atoms with Gasteiger partial charge in [0.25, 0.3) is 0 Å². The molecule has 146 valence electrons. The summed E-state index contributed by atoms with van der Waals surface area (Å²) in [4.78, 5) is 19.2. The summed E-state index contributed by atoms with van der Waals surface area (Å²) in [7, 11) is 1.93. The van der Waals surface area contributed by atoms with Crippen LogP contribution in [0.15, 0.2) is 42.5 Å². The maximum absolute atomic E-state index is 12.5. The predicted octanol–water partition coefficient (Wildman–Crippen LogP) is 4.09. The number of para-hydroxylation sites is 1. The Balaban J connectivity index is 1.39. The number of nitrogens with zero attached hydrogens (tertiary/aromatic N) is 2. The lowest BCUT2D eigenvalue weighted by Crippen LogP contribution is -2.32. The molecule has 0 unspecified atom stereocenters. The summed E-state index contributed by atoms with van der Waals surface area (Å²) in [6.07, 6.45) is 0.852. The van der Waals surface area contributed by atoms with Crippen molar-refractivity contribution >= 4 is 33.1 Å². The number of benzene rings is 2. The van der Waals surface area contributed by atoms with E-state index in [4.69, 9.17) is 14.5 Å². The maximum Gasteiger partial charge on any atom is 0.238 e. The molecule has 2 aromatic carbocycles. The van der Waals surface area contributed by atoms with Gasteiger partial charge < -0.3 is 14.8 Å². The number of amides is 1.